The maximum atomic E-state index is 12.5. The van der Waals surface area contributed by atoms with E-state index in [1.165, 1.54) is 11.3 Å². The largest absolute Gasteiger partial charge is 0.352 e. The van der Waals surface area contributed by atoms with Crippen LogP contribution in [0.2, 0.25) is 5.02 Å². The first-order chi connectivity index (χ1) is 16.4. The van der Waals surface area contributed by atoms with Gasteiger partial charge in [-0.05, 0) is 49.2 Å². The van der Waals surface area contributed by atoms with Gasteiger partial charge in [0.05, 0.1) is 10.6 Å². The molecule has 0 radical (unpaired) electrons. The first kappa shape index (κ1) is 25.3. The number of nitrogens with one attached hydrogen (secondary N) is 3. The van der Waals surface area contributed by atoms with E-state index in [2.05, 4.69) is 26.1 Å². The molecule has 0 bridgehead atoms. The summed E-state index contributed by atoms with van der Waals surface area (Å²) < 4.78 is 0. The fraction of sp³-hybridized carbons (Fsp3) is 0.292. The van der Waals surface area contributed by atoms with Crippen molar-refractivity contribution in [2.75, 3.05) is 17.2 Å². The van der Waals surface area contributed by atoms with Gasteiger partial charge in [0.15, 0.2) is 0 Å². The van der Waals surface area contributed by atoms with E-state index in [4.69, 9.17) is 11.6 Å². The molecule has 3 rings (SSSR count). The number of rotatable bonds is 10. The lowest BCUT2D eigenvalue weighted by Gasteiger charge is -2.12. The van der Waals surface area contributed by atoms with Crippen molar-refractivity contribution in [3.05, 3.63) is 69.7 Å². The zero-order chi connectivity index (χ0) is 24.5. The van der Waals surface area contributed by atoms with Crippen LogP contribution < -0.4 is 16.0 Å². The van der Waals surface area contributed by atoms with Crippen LogP contribution in [-0.4, -0.2) is 34.5 Å². The highest BCUT2D eigenvalue weighted by molar-refractivity contribution is 7.15. The van der Waals surface area contributed by atoms with Crippen molar-refractivity contribution >= 4 is 51.5 Å². The monoisotopic (exact) mass is 499 g/mol. The number of carbonyl (C=O) groups is 3. The molecule has 2 aromatic carbocycles. The van der Waals surface area contributed by atoms with Crippen LogP contribution in [0.25, 0.3) is 0 Å². The summed E-state index contributed by atoms with van der Waals surface area (Å²) in [5.41, 5.74) is 1.49. The minimum Gasteiger partial charge on any atom is -0.352 e. The fourth-order valence-corrected chi connectivity index (χ4v) is 4.16. The second-order valence-corrected chi connectivity index (χ2v) is 8.99. The molecule has 0 unspecified atom stereocenters. The summed E-state index contributed by atoms with van der Waals surface area (Å²) in [7, 11) is 0. The number of hydrogen-bond donors (Lipinski definition) is 3. The highest BCUT2D eigenvalue weighted by Gasteiger charge is 2.15. The molecular weight excluding hydrogens is 474 g/mol. The summed E-state index contributed by atoms with van der Waals surface area (Å²) in [5, 5.41) is 17.9. The molecule has 1 aromatic heterocycles. The van der Waals surface area contributed by atoms with Crippen molar-refractivity contribution in [3.63, 3.8) is 0 Å². The van der Waals surface area contributed by atoms with E-state index < -0.39 is 0 Å². The molecule has 0 saturated carbocycles. The van der Waals surface area contributed by atoms with Gasteiger partial charge in [0.25, 0.3) is 11.8 Å². The second-order valence-electron chi connectivity index (χ2n) is 7.52. The van der Waals surface area contributed by atoms with Crippen LogP contribution in [0.3, 0.4) is 0 Å². The Labute approximate surface area is 207 Å². The Morgan fingerprint density at radius 3 is 2.32 bits per heavy atom. The van der Waals surface area contributed by atoms with Gasteiger partial charge >= 0.3 is 0 Å². The normalized spacial score (nSPS) is 10.7. The lowest BCUT2D eigenvalue weighted by Crippen LogP contribution is -2.25. The van der Waals surface area contributed by atoms with Crippen LogP contribution in [0.4, 0.5) is 10.8 Å². The van der Waals surface area contributed by atoms with Crippen molar-refractivity contribution in [2.45, 2.75) is 33.1 Å². The van der Waals surface area contributed by atoms with E-state index in [0.29, 0.717) is 44.9 Å². The fourth-order valence-electron chi connectivity index (χ4n) is 3.21. The predicted molar refractivity (Wildman–Crippen MR) is 134 cm³/mol. The highest BCUT2D eigenvalue weighted by Crippen LogP contribution is 2.19. The van der Waals surface area contributed by atoms with Crippen LogP contribution in [0.1, 0.15) is 52.4 Å². The van der Waals surface area contributed by atoms with Gasteiger partial charge in [0.1, 0.15) is 5.01 Å². The summed E-state index contributed by atoms with van der Waals surface area (Å²) in [6.07, 6.45) is 2.02. The molecule has 10 heteroatoms. The van der Waals surface area contributed by atoms with Crippen LogP contribution in [0, 0.1) is 5.92 Å². The molecule has 0 fully saturated rings. The van der Waals surface area contributed by atoms with Crippen molar-refractivity contribution in [3.8, 4) is 0 Å². The van der Waals surface area contributed by atoms with Gasteiger partial charge in [-0.25, -0.2) is 0 Å². The summed E-state index contributed by atoms with van der Waals surface area (Å²) in [4.78, 5) is 36.9. The van der Waals surface area contributed by atoms with Crippen molar-refractivity contribution < 1.29 is 14.4 Å². The first-order valence-electron chi connectivity index (χ1n) is 11.0. The van der Waals surface area contributed by atoms with E-state index in [0.717, 1.165) is 12.8 Å². The van der Waals surface area contributed by atoms with Gasteiger partial charge in [0, 0.05) is 30.1 Å². The van der Waals surface area contributed by atoms with Crippen LogP contribution in [0.5, 0.6) is 0 Å². The molecule has 34 heavy (non-hydrogen) atoms. The maximum absolute atomic E-state index is 12.5. The molecule has 0 atom stereocenters. The van der Waals surface area contributed by atoms with Crippen molar-refractivity contribution in [2.24, 2.45) is 5.92 Å². The number of amides is 3. The van der Waals surface area contributed by atoms with E-state index in [1.54, 1.807) is 48.5 Å². The Bertz CT molecular complexity index is 1150. The Kier molecular flexibility index (Phi) is 9.12. The first-order valence-corrected chi connectivity index (χ1v) is 12.2. The molecule has 0 saturated heterocycles. The van der Waals surface area contributed by atoms with E-state index in [1.807, 2.05) is 13.8 Å². The second kappa shape index (κ2) is 12.2. The lowest BCUT2D eigenvalue weighted by molar-refractivity contribution is -0.120. The van der Waals surface area contributed by atoms with Gasteiger partial charge in [-0.1, -0.05) is 48.9 Å². The van der Waals surface area contributed by atoms with E-state index >= 15 is 0 Å². The van der Waals surface area contributed by atoms with Gasteiger partial charge in [-0.3, -0.25) is 19.7 Å². The average molecular weight is 500 g/mol. The standard InChI is InChI=1S/C24H26ClN5O3S/c1-3-15(4-2)21(31)27-17-11-9-16(10-12-17)22(32)28-24-30-29-20(34-24)13-14-26-23(33)18-7-5-6-8-19(18)25/h5-12,15H,3-4,13-14H2,1-2H3,(H,26,33)(H,27,31)(H,28,30,32). The molecule has 3 aromatic rings. The molecule has 0 aliphatic carbocycles. The Hall–Kier alpha value is -3.30. The Morgan fingerprint density at radius 1 is 0.941 bits per heavy atom. The number of nitrogens with zero attached hydrogens (tertiary/aromatic N) is 2. The smallest absolute Gasteiger partial charge is 0.257 e. The number of hydrogen-bond acceptors (Lipinski definition) is 6. The highest BCUT2D eigenvalue weighted by atomic mass is 35.5. The van der Waals surface area contributed by atoms with Gasteiger partial charge in [0.2, 0.25) is 11.0 Å². The summed E-state index contributed by atoms with van der Waals surface area (Å²) in [6, 6.07) is 13.5. The average Bonchev–Trinajstić information content (AvgIpc) is 3.27. The number of aromatic nitrogens is 2. The molecule has 0 spiro atoms. The zero-order valence-corrected chi connectivity index (χ0v) is 20.5. The van der Waals surface area contributed by atoms with E-state index in [-0.39, 0.29) is 23.6 Å². The molecule has 3 amide bonds. The maximum Gasteiger partial charge on any atom is 0.257 e. The van der Waals surface area contributed by atoms with Gasteiger partial charge < -0.3 is 10.6 Å². The number of benzene rings is 2. The predicted octanol–water partition coefficient (Wildman–Crippen LogP) is 4.79. The third-order valence-corrected chi connectivity index (χ3v) is 6.43. The Balaban J connectivity index is 1.48. The number of anilines is 2. The van der Waals surface area contributed by atoms with Crippen LogP contribution >= 0.6 is 22.9 Å². The molecule has 178 valence electrons. The summed E-state index contributed by atoms with van der Waals surface area (Å²) in [5.74, 6) is -0.638. The number of halogens is 1. The molecule has 0 aliphatic rings. The van der Waals surface area contributed by atoms with Gasteiger partial charge in [-0.2, -0.15) is 0 Å². The molecule has 8 nitrogen and oxygen atoms in total. The topological polar surface area (TPSA) is 113 Å². The zero-order valence-electron chi connectivity index (χ0n) is 18.9. The van der Waals surface area contributed by atoms with Crippen LogP contribution in [-0.2, 0) is 11.2 Å². The molecule has 1 heterocycles. The quantitative estimate of drug-likeness (QED) is 0.371. The Morgan fingerprint density at radius 2 is 1.65 bits per heavy atom. The van der Waals surface area contributed by atoms with Crippen molar-refractivity contribution in [1.82, 2.24) is 15.5 Å². The molecule has 3 N–H and O–H groups in total. The lowest BCUT2D eigenvalue weighted by atomic mass is 10.0. The summed E-state index contributed by atoms with van der Waals surface area (Å²) in [6.45, 7) is 4.32. The van der Waals surface area contributed by atoms with E-state index in [9.17, 15) is 14.4 Å². The minimum absolute atomic E-state index is 0.0216. The molecule has 0 aliphatic heterocycles. The van der Waals surface area contributed by atoms with Gasteiger partial charge in [-0.15, -0.1) is 10.2 Å². The summed E-state index contributed by atoms with van der Waals surface area (Å²) >= 11 is 7.27. The third kappa shape index (κ3) is 6.85. The SMILES string of the molecule is CCC(CC)C(=O)Nc1ccc(C(=O)Nc2nnc(CCNC(=O)c3ccccc3Cl)s2)cc1. The number of carbonyl (C=O) groups excluding carboxylic acids is 3. The van der Waals surface area contributed by atoms with Crippen LogP contribution in [0.15, 0.2) is 48.5 Å². The third-order valence-electron chi connectivity index (χ3n) is 5.20. The minimum atomic E-state index is -0.326. The van der Waals surface area contributed by atoms with Crippen molar-refractivity contribution in [1.29, 1.82) is 0 Å². The molecular formula is C24H26ClN5O3S.